The van der Waals surface area contributed by atoms with E-state index in [0.29, 0.717) is 6.54 Å². The zero-order chi connectivity index (χ0) is 17.9. The number of carbonyl (C=O) groups excluding carboxylic acids is 1. The molecule has 2 atom stereocenters. The number of carbonyl (C=O) groups is 1. The van der Waals surface area contributed by atoms with Crippen LogP contribution in [0.1, 0.15) is 42.5 Å². The van der Waals surface area contributed by atoms with Gasteiger partial charge in [-0.15, -0.1) is 0 Å². The number of aryl methyl sites for hydroxylation is 1. The monoisotopic (exact) mass is 350 g/mol. The molecule has 0 unspecified atom stereocenters. The zero-order valence-corrected chi connectivity index (χ0v) is 15.3. The Morgan fingerprint density at radius 2 is 1.92 bits per heavy atom. The number of rotatable bonds is 3. The Kier molecular flexibility index (Phi) is 4.93. The van der Waals surface area contributed by atoms with E-state index in [9.17, 15) is 4.79 Å². The van der Waals surface area contributed by atoms with Crippen molar-refractivity contribution in [2.75, 3.05) is 13.1 Å². The summed E-state index contributed by atoms with van der Waals surface area (Å²) in [6.45, 7) is 3.96. The van der Waals surface area contributed by atoms with Crippen molar-refractivity contribution in [2.45, 2.75) is 44.9 Å². The number of hydrogen-bond donors (Lipinski definition) is 1. The van der Waals surface area contributed by atoms with E-state index in [1.54, 1.807) is 0 Å². The molecule has 4 nitrogen and oxygen atoms in total. The molecule has 26 heavy (non-hydrogen) atoms. The molecule has 136 valence electrons. The summed E-state index contributed by atoms with van der Waals surface area (Å²) >= 11 is 0. The molecule has 1 N–H and O–H groups in total. The lowest BCUT2D eigenvalue weighted by atomic mass is 9.88. The van der Waals surface area contributed by atoms with Gasteiger partial charge in [0, 0.05) is 18.7 Å². The maximum Gasteiger partial charge on any atom is 0.234 e. The van der Waals surface area contributed by atoms with Crippen LogP contribution in [-0.2, 0) is 17.8 Å². The minimum absolute atomic E-state index is 0.0712. The van der Waals surface area contributed by atoms with E-state index in [-0.39, 0.29) is 18.1 Å². The standard InChI is InChI=1S/C22H26N2O2/c1-16-13-24(14-18-8-3-5-12-21(18)26-16)15-22(25)23-20-11-6-9-17-7-2-4-10-19(17)20/h2-5,7-8,10,12,16,20H,6,9,11,13-15H2,1H3,(H,23,25)/t16-,20+/m1/s1. The molecule has 2 aliphatic rings. The van der Waals surface area contributed by atoms with Gasteiger partial charge >= 0.3 is 0 Å². The Bertz CT molecular complexity index is 789. The first-order valence-electron chi connectivity index (χ1n) is 9.53. The predicted molar refractivity (Wildman–Crippen MR) is 102 cm³/mol. The fraction of sp³-hybridized carbons (Fsp3) is 0.409. The Hall–Kier alpha value is -2.33. The van der Waals surface area contributed by atoms with E-state index in [0.717, 1.165) is 43.7 Å². The first-order chi connectivity index (χ1) is 12.7. The van der Waals surface area contributed by atoms with Crippen LogP contribution in [0.15, 0.2) is 48.5 Å². The Labute approximate surface area is 155 Å². The highest BCUT2D eigenvalue weighted by molar-refractivity contribution is 5.78. The highest BCUT2D eigenvalue weighted by Gasteiger charge is 2.24. The lowest BCUT2D eigenvalue weighted by molar-refractivity contribution is -0.123. The number of para-hydroxylation sites is 1. The summed E-state index contributed by atoms with van der Waals surface area (Å²) in [5, 5.41) is 3.26. The summed E-state index contributed by atoms with van der Waals surface area (Å²) in [4.78, 5) is 14.9. The van der Waals surface area contributed by atoms with Crippen molar-refractivity contribution in [3.8, 4) is 5.75 Å². The van der Waals surface area contributed by atoms with Crippen molar-refractivity contribution in [1.29, 1.82) is 0 Å². The summed E-state index contributed by atoms with van der Waals surface area (Å²) in [5.41, 5.74) is 3.80. The molecule has 2 aromatic carbocycles. The molecule has 1 aliphatic heterocycles. The van der Waals surface area contributed by atoms with Crippen LogP contribution >= 0.6 is 0 Å². The van der Waals surface area contributed by atoms with Gasteiger partial charge in [-0.25, -0.2) is 0 Å². The van der Waals surface area contributed by atoms with Crippen molar-refractivity contribution < 1.29 is 9.53 Å². The fourth-order valence-electron chi connectivity index (χ4n) is 4.14. The quantitative estimate of drug-likeness (QED) is 0.922. The molecule has 4 heteroatoms. The molecule has 0 fully saturated rings. The maximum absolute atomic E-state index is 12.7. The number of ether oxygens (including phenoxy) is 1. The lowest BCUT2D eigenvalue weighted by Gasteiger charge is -2.28. The first kappa shape index (κ1) is 17.1. The van der Waals surface area contributed by atoms with Gasteiger partial charge in [0.1, 0.15) is 11.9 Å². The van der Waals surface area contributed by atoms with Crippen LogP contribution in [0, 0.1) is 0 Å². The summed E-state index contributed by atoms with van der Waals surface area (Å²) in [6.07, 6.45) is 3.33. The summed E-state index contributed by atoms with van der Waals surface area (Å²) in [5.74, 6) is 1.03. The van der Waals surface area contributed by atoms with Crippen molar-refractivity contribution >= 4 is 5.91 Å². The third kappa shape index (κ3) is 3.75. The minimum atomic E-state index is 0.0712. The van der Waals surface area contributed by atoms with E-state index in [1.807, 2.05) is 18.2 Å². The number of fused-ring (bicyclic) bond motifs is 2. The van der Waals surface area contributed by atoms with E-state index in [4.69, 9.17) is 4.74 Å². The van der Waals surface area contributed by atoms with Crippen molar-refractivity contribution in [3.05, 3.63) is 65.2 Å². The van der Waals surface area contributed by atoms with Crippen LogP contribution in [-0.4, -0.2) is 30.0 Å². The first-order valence-corrected chi connectivity index (χ1v) is 9.53. The fourth-order valence-corrected chi connectivity index (χ4v) is 4.14. The third-order valence-electron chi connectivity index (χ3n) is 5.28. The minimum Gasteiger partial charge on any atom is -0.489 e. The summed E-state index contributed by atoms with van der Waals surface area (Å²) < 4.78 is 5.99. The Morgan fingerprint density at radius 3 is 2.81 bits per heavy atom. The molecule has 0 saturated heterocycles. The highest BCUT2D eigenvalue weighted by atomic mass is 16.5. The molecule has 1 heterocycles. The SMILES string of the molecule is C[C@@H]1CN(CC(=O)N[C@H]2CCCc3ccccc32)Cc2ccccc2O1. The van der Waals surface area contributed by atoms with E-state index in [2.05, 4.69) is 47.5 Å². The van der Waals surface area contributed by atoms with Crippen molar-refractivity contribution in [1.82, 2.24) is 10.2 Å². The van der Waals surface area contributed by atoms with Crippen LogP contribution < -0.4 is 10.1 Å². The lowest BCUT2D eigenvalue weighted by Crippen LogP contribution is -2.41. The average molecular weight is 350 g/mol. The molecule has 4 rings (SSSR count). The second-order valence-corrected chi connectivity index (χ2v) is 7.42. The van der Waals surface area contributed by atoms with Gasteiger partial charge in [-0.1, -0.05) is 42.5 Å². The van der Waals surface area contributed by atoms with Gasteiger partial charge in [0.15, 0.2) is 0 Å². The normalized spacial score (nSPS) is 22.5. The second-order valence-electron chi connectivity index (χ2n) is 7.42. The van der Waals surface area contributed by atoms with Gasteiger partial charge in [0.2, 0.25) is 5.91 Å². The Balaban J connectivity index is 1.42. The van der Waals surface area contributed by atoms with Gasteiger partial charge in [-0.3, -0.25) is 9.69 Å². The zero-order valence-electron chi connectivity index (χ0n) is 15.3. The maximum atomic E-state index is 12.7. The Morgan fingerprint density at radius 1 is 1.15 bits per heavy atom. The number of nitrogens with one attached hydrogen (secondary N) is 1. The molecule has 0 spiro atoms. The largest absolute Gasteiger partial charge is 0.489 e. The molecule has 0 saturated carbocycles. The molecule has 1 amide bonds. The molecule has 2 aromatic rings. The van der Waals surface area contributed by atoms with Crippen molar-refractivity contribution in [3.63, 3.8) is 0 Å². The van der Waals surface area contributed by atoms with Gasteiger partial charge in [-0.2, -0.15) is 0 Å². The van der Waals surface area contributed by atoms with Crippen molar-refractivity contribution in [2.24, 2.45) is 0 Å². The number of benzene rings is 2. The molecule has 0 aromatic heterocycles. The van der Waals surface area contributed by atoms with Crippen LogP contribution in [0.5, 0.6) is 5.75 Å². The molecular formula is C22H26N2O2. The predicted octanol–water partition coefficient (Wildman–Crippen LogP) is 3.46. The number of nitrogens with zero attached hydrogens (tertiary/aromatic N) is 1. The molecular weight excluding hydrogens is 324 g/mol. The third-order valence-corrected chi connectivity index (χ3v) is 5.28. The average Bonchev–Trinajstić information content (AvgIpc) is 2.79. The van der Waals surface area contributed by atoms with Crippen LogP contribution in [0.4, 0.5) is 0 Å². The van der Waals surface area contributed by atoms with Crippen LogP contribution in [0.3, 0.4) is 0 Å². The highest BCUT2D eigenvalue weighted by Crippen LogP contribution is 2.29. The number of hydrogen-bond acceptors (Lipinski definition) is 3. The smallest absolute Gasteiger partial charge is 0.234 e. The molecule has 0 bridgehead atoms. The van der Waals surface area contributed by atoms with Gasteiger partial charge in [0.05, 0.1) is 12.6 Å². The van der Waals surface area contributed by atoms with Gasteiger partial charge in [-0.05, 0) is 43.4 Å². The molecule has 0 radical (unpaired) electrons. The van der Waals surface area contributed by atoms with Gasteiger partial charge < -0.3 is 10.1 Å². The number of amides is 1. The summed E-state index contributed by atoms with van der Waals surface area (Å²) in [6, 6.07) is 16.7. The van der Waals surface area contributed by atoms with E-state index < -0.39 is 0 Å². The van der Waals surface area contributed by atoms with E-state index in [1.165, 1.54) is 11.1 Å². The second kappa shape index (κ2) is 7.50. The van der Waals surface area contributed by atoms with Gasteiger partial charge in [0.25, 0.3) is 0 Å². The van der Waals surface area contributed by atoms with E-state index >= 15 is 0 Å². The van der Waals surface area contributed by atoms with Crippen LogP contribution in [0.25, 0.3) is 0 Å². The van der Waals surface area contributed by atoms with Crippen LogP contribution in [0.2, 0.25) is 0 Å². The summed E-state index contributed by atoms with van der Waals surface area (Å²) in [7, 11) is 0. The molecule has 1 aliphatic carbocycles. The topological polar surface area (TPSA) is 41.6 Å².